The van der Waals surface area contributed by atoms with Crippen molar-refractivity contribution in [1.82, 2.24) is 14.8 Å². The molecule has 1 aromatic heterocycles. The van der Waals surface area contributed by atoms with E-state index in [9.17, 15) is 4.79 Å². The van der Waals surface area contributed by atoms with Crippen molar-refractivity contribution in [2.24, 2.45) is 0 Å². The van der Waals surface area contributed by atoms with Crippen LogP contribution >= 0.6 is 0 Å². The highest BCUT2D eigenvalue weighted by molar-refractivity contribution is 6.08. The smallest absolute Gasteiger partial charge is 0.253 e. The van der Waals surface area contributed by atoms with Gasteiger partial charge < -0.3 is 14.8 Å². The Balaban J connectivity index is 1.43. The molecule has 1 N–H and O–H groups in total. The van der Waals surface area contributed by atoms with Crippen LogP contribution in [0.4, 0.5) is 0 Å². The Morgan fingerprint density at radius 1 is 1.12 bits per heavy atom. The van der Waals surface area contributed by atoms with Gasteiger partial charge in [0.2, 0.25) is 0 Å². The predicted molar refractivity (Wildman–Crippen MR) is 99.9 cm³/mol. The summed E-state index contributed by atoms with van der Waals surface area (Å²) in [6.07, 6.45) is 8.29. The van der Waals surface area contributed by atoms with Crippen LogP contribution in [0.5, 0.6) is 0 Å². The third kappa shape index (κ3) is 2.42. The Morgan fingerprint density at radius 3 is 2.68 bits per heavy atom. The molecule has 1 unspecified atom stereocenters. The monoisotopic (exact) mass is 337 g/mol. The van der Waals surface area contributed by atoms with Crippen molar-refractivity contribution in [3.05, 3.63) is 35.5 Å². The fourth-order valence-electron chi connectivity index (χ4n) is 5.52. The minimum Gasteiger partial charge on any atom is -0.349 e. The molecule has 5 rings (SSSR count). The van der Waals surface area contributed by atoms with Crippen LogP contribution in [0.25, 0.3) is 10.9 Å². The molecule has 25 heavy (non-hydrogen) atoms. The second-order valence-electron chi connectivity index (χ2n) is 8.14. The molecule has 0 spiro atoms. The summed E-state index contributed by atoms with van der Waals surface area (Å²) >= 11 is 0. The van der Waals surface area contributed by atoms with Gasteiger partial charge in [0.05, 0.1) is 5.56 Å². The SMILES string of the molecule is CN1[C@@H]2CCC[C@H]1CC(NC(=O)c1c3n(c4ccccc14)CCC3)C2. The fourth-order valence-corrected chi connectivity index (χ4v) is 5.52. The van der Waals surface area contributed by atoms with Crippen LogP contribution in [0.2, 0.25) is 0 Å². The average Bonchev–Trinajstić information content (AvgIpc) is 3.16. The number of hydrogen-bond acceptors (Lipinski definition) is 2. The number of rotatable bonds is 2. The van der Waals surface area contributed by atoms with Gasteiger partial charge in [-0.2, -0.15) is 0 Å². The minimum absolute atomic E-state index is 0.152. The first-order chi connectivity index (χ1) is 12.2. The Morgan fingerprint density at radius 2 is 1.88 bits per heavy atom. The molecule has 0 aliphatic carbocycles. The van der Waals surface area contributed by atoms with Gasteiger partial charge in [0, 0.05) is 41.3 Å². The summed E-state index contributed by atoms with van der Waals surface area (Å²) in [6, 6.07) is 10.0. The van der Waals surface area contributed by atoms with Crippen LogP contribution < -0.4 is 5.32 Å². The second kappa shape index (κ2) is 5.87. The van der Waals surface area contributed by atoms with Crippen LogP contribution in [0.15, 0.2) is 24.3 Å². The van der Waals surface area contributed by atoms with Crippen molar-refractivity contribution in [2.45, 2.75) is 69.6 Å². The van der Waals surface area contributed by atoms with Crippen molar-refractivity contribution in [3.8, 4) is 0 Å². The molecule has 132 valence electrons. The number of carbonyl (C=O) groups is 1. The van der Waals surface area contributed by atoms with Crippen LogP contribution in [0, 0.1) is 0 Å². The summed E-state index contributed by atoms with van der Waals surface area (Å²) < 4.78 is 2.35. The molecular weight excluding hydrogens is 310 g/mol. The van der Waals surface area contributed by atoms with E-state index in [1.807, 2.05) is 0 Å². The number of amides is 1. The molecule has 4 nitrogen and oxygen atoms in total. The van der Waals surface area contributed by atoms with E-state index in [0.29, 0.717) is 18.1 Å². The zero-order valence-corrected chi connectivity index (χ0v) is 15.0. The lowest BCUT2D eigenvalue weighted by atomic mass is 9.82. The topological polar surface area (TPSA) is 37.3 Å². The van der Waals surface area contributed by atoms with E-state index in [4.69, 9.17) is 0 Å². The summed E-state index contributed by atoms with van der Waals surface area (Å²) in [4.78, 5) is 15.8. The van der Waals surface area contributed by atoms with Crippen molar-refractivity contribution >= 4 is 16.8 Å². The van der Waals surface area contributed by atoms with Gasteiger partial charge in [0.15, 0.2) is 0 Å². The van der Waals surface area contributed by atoms with Gasteiger partial charge in [0.1, 0.15) is 0 Å². The van der Waals surface area contributed by atoms with Gasteiger partial charge >= 0.3 is 0 Å². The normalized spacial score (nSPS) is 28.9. The van der Waals surface area contributed by atoms with Crippen molar-refractivity contribution in [3.63, 3.8) is 0 Å². The Labute approximate surface area is 149 Å². The molecule has 1 amide bonds. The van der Waals surface area contributed by atoms with Gasteiger partial charge in [-0.25, -0.2) is 0 Å². The van der Waals surface area contributed by atoms with E-state index in [0.717, 1.165) is 43.2 Å². The highest BCUT2D eigenvalue weighted by Gasteiger charge is 2.37. The summed E-state index contributed by atoms with van der Waals surface area (Å²) in [5.74, 6) is 0.152. The highest BCUT2D eigenvalue weighted by atomic mass is 16.1. The third-order valence-corrected chi connectivity index (χ3v) is 6.78. The molecule has 2 bridgehead atoms. The molecule has 4 heterocycles. The zero-order valence-electron chi connectivity index (χ0n) is 15.0. The number of hydrogen-bond donors (Lipinski definition) is 1. The lowest BCUT2D eigenvalue weighted by molar-refractivity contribution is 0.0463. The minimum atomic E-state index is 0.152. The predicted octanol–water partition coefficient (Wildman–Crippen LogP) is 3.33. The standard InChI is InChI=1S/C21H27N3O/c1-23-15-6-4-7-16(23)13-14(12-15)22-21(25)20-17-8-2-3-9-18(17)24-11-5-10-19(20)24/h2-3,8-9,14-16H,4-7,10-13H2,1H3,(H,22,25)/t14?,15-,16+. The van der Waals surface area contributed by atoms with Crippen molar-refractivity contribution in [1.29, 1.82) is 0 Å². The van der Waals surface area contributed by atoms with E-state index in [2.05, 4.69) is 46.1 Å². The molecule has 3 aliphatic heterocycles. The first-order valence-electron chi connectivity index (χ1n) is 9.85. The number of nitrogens with one attached hydrogen (secondary N) is 1. The molecule has 2 saturated heterocycles. The van der Waals surface area contributed by atoms with Crippen LogP contribution in [-0.4, -0.2) is 40.5 Å². The largest absolute Gasteiger partial charge is 0.349 e. The highest BCUT2D eigenvalue weighted by Crippen LogP contribution is 2.34. The van der Waals surface area contributed by atoms with Crippen LogP contribution in [0.3, 0.4) is 0 Å². The fraction of sp³-hybridized carbons (Fsp3) is 0.571. The molecule has 0 radical (unpaired) electrons. The second-order valence-corrected chi connectivity index (χ2v) is 8.14. The summed E-state index contributed by atoms with van der Waals surface area (Å²) in [5.41, 5.74) is 3.41. The molecular formula is C21H27N3O. The van der Waals surface area contributed by atoms with Crippen molar-refractivity contribution in [2.75, 3.05) is 7.05 Å². The molecule has 2 fully saturated rings. The van der Waals surface area contributed by atoms with E-state index in [1.54, 1.807) is 0 Å². The molecule has 3 aliphatic rings. The van der Waals surface area contributed by atoms with E-state index in [-0.39, 0.29) is 5.91 Å². The number of aromatic nitrogens is 1. The number of para-hydroxylation sites is 1. The molecule has 1 aromatic carbocycles. The average molecular weight is 337 g/mol. The summed E-state index contributed by atoms with van der Waals surface area (Å²) in [5, 5.41) is 4.54. The molecule has 3 atom stereocenters. The van der Waals surface area contributed by atoms with E-state index >= 15 is 0 Å². The summed E-state index contributed by atoms with van der Waals surface area (Å²) in [6.45, 7) is 1.04. The third-order valence-electron chi connectivity index (χ3n) is 6.78. The Hall–Kier alpha value is -1.81. The maximum atomic E-state index is 13.2. The first kappa shape index (κ1) is 15.4. The Kier molecular flexibility index (Phi) is 3.63. The quantitative estimate of drug-likeness (QED) is 0.913. The lowest BCUT2D eigenvalue weighted by Gasteiger charge is -2.47. The first-order valence-corrected chi connectivity index (χ1v) is 9.85. The van der Waals surface area contributed by atoms with Crippen molar-refractivity contribution < 1.29 is 4.79 Å². The van der Waals surface area contributed by atoms with E-state index < -0.39 is 0 Å². The van der Waals surface area contributed by atoms with Gasteiger partial charge in [0.25, 0.3) is 5.91 Å². The number of piperidine rings is 2. The number of benzene rings is 1. The molecule has 4 heteroatoms. The molecule has 2 aromatic rings. The van der Waals surface area contributed by atoms with Crippen LogP contribution in [-0.2, 0) is 13.0 Å². The van der Waals surface area contributed by atoms with E-state index in [1.165, 1.54) is 30.5 Å². The molecule has 0 saturated carbocycles. The Bertz CT molecular complexity index is 810. The van der Waals surface area contributed by atoms with Gasteiger partial charge in [-0.3, -0.25) is 4.79 Å². The van der Waals surface area contributed by atoms with Crippen LogP contribution in [0.1, 0.15) is 54.6 Å². The number of nitrogens with zero attached hydrogens (tertiary/aromatic N) is 2. The maximum absolute atomic E-state index is 13.2. The maximum Gasteiger partial charge on any atom is 0.253 e. The van der Waals surface area contributed by atoms with Gasteiger partial charge in [-0.1, -0.05) is 24.6 Å². The van der Waals surface area contributed by atoms with Gasteiger partial charge in [-0.15, -0.1) is 0 Å². The number of fused-ring (bicyclic) bond motifs is 5. The lowest BCUT2D eigenvalue weighted by Crippen LogP contribution is -2.55. The number of carbonyl (C=O) groups excluding carboxylic acids is 1. The van der Waals surface area contributed by atoms with Gasteiger partial charge in [-0.05, 0) is 51.6 Å². The summed E-state index contributed by atoms with van der Waals surface area (Å²) in [7, 11) is 2.26. The number of aryl methyl sites for hydroxylation is 1. The zero-order chi connectivity index (χ0) is 17.0.